The first-order chi connectivity index (χ1) is 9.84. The van der Waals surface area contributed by atoms with E-state index in [1.165, 1.54) is 0 Å². The zero-order valence-corrected chi connectivity index (χ0v) is 13.5. The number of carbonyl (C=O) groups excluding carboxylic acids is 1. The molecular formula is C17H20ClNO2. The molecule has 0 amide bonds. The van der Waals surface area contributed by atoms with Gasteiger partial charge in [-0.3, -0.25) is 4.79 Å². The Hall–Kier alpha value is -1.53. The van der Waals surface area contributed by atoms with E-state index in [1.54, 1.807) is 25.3 Å². The van der Waals surface area contributed by atoms with Crippen molar-refractivity contribution in [2.75, 3.05) is 7.11 Å². The van der Waals surface area contributed by atoms with Gasteiger partial charge in [0, 0.05) is 16.9 Å². The Morgan fingerprint density at radius 2 is 2.10 bits per heavy atom. The van der Waals surface area contributed by atoms with E-state index in [2.05, 4.69) is 6.07 Å². The van der Waals surface area contributed by atoms with Gasteiger partial charge >= 0.3 is 0 Å². The Morgan fingerprint density at radius 3 is 2.71 bits per heavy atom. The summed E-state index contributed by atoms with van der Waals surface area (Å²) in [6.07, 6.45) is 2.67. The second-order valence-corrected chi connectivity index (χ2v) is 6.83. The largest absolute Gasteiger partial charge is 0.496 e. The Kier molecular flexibility index (Phi) is 4.30. The zero-order chi connectivity index (χ0) is 15.7. The number of halogens is 1. The van der Waals surface area contributed by atoms with Crippen molar-refractivity contribution in [1.29, 1.82) is 5.26 Å². The lowest BCUT2D eigenvalue weighted by molar-refractivity contribution is -0.138. The number of ether oxygens (including phenoxy) is 1. The topological polar surface area (TPSA) is 50.1 Å². The molecule has 4 heteroatoms. The molecule has 21 heavy (non-hydrogen) atoms. The number of ketones is 1. The molecule has 1 unspecified atom stereocenters. The molecule has 1 aromatic carbocycles. The first-order valence-corrected chi connectivity index (χ1v) is 7.51. The maximum absolute atomic E-state index is 12.8. The predicted octanol–water partition coefficient (Wildman–Crippen LogP) is 4.18. The minimum atomic E-state index is -0.973. The smallest absolute Gasteiger partial charge is 0.158 e. The molecule has 2 rings (SSSR count). The van der Waals surface area contributed by atoms with Gasteiger partial charge in [0.2, 0.25) is 0 Å². The average Bonchev–Trinajstić information content (AvgIpc) is 2.44. The highest BCUT2D eigenvalue weighted by molar-refractivity contribution is 6.30. The molecule has 0 saturated heterocycles. The van der Waals surface area contributed by atoms with E-state index in [0.717, 1.165) is 18.4 Å². The summed E-state index contributed by atoms with van der Waals surface area (Å²) >= 11 is 6.05. The van der Waals surface area contributed by atoms with Crippen LogP contribution in [-0.2, 0) is 11.2 Å². The van der Waals surface area contributed by atoms with Crippen LogP contribution in [0, 0.1) is 22.2 Å². The Balaban J connectivity index is 2.42. The molecule has 0 spiro atoms. The number of rotatable bonds is 3. The van der Waals surface area contributed by atoms with Gasteiger partial charge in [-0.1, -0.05) is 31.9 Å². The molecule has 1 fully saturated rings. The number of Topliss-reactive ketones (excluding diaryl/α,β-unsaturated/α-hetero) is 1. The number of hydrogen-bond acceptors (Lipinski definition) is 3. The van der Waals surface area contributed by atoms with Crippen molar-refractivity contribution < 1.29 is 9.53 Å². The highest BCUT2D eigenvalue weighted by atomic mass is 35.5. The quantitative estimate of drug-likeness (QED) is 0.841. The lowest BCUT2D eigenvalue weighted by Gasteiger charge is -2.39. The Labute approximate surface area is 130 Å². The third-order valence-corrected chi connectivity index (χ3v) is 4.64. The standard InChI is InChI=1S/C17H20ClNO2/c1-16(2)7-4-8-17(11-19,15(16)20)10-12-9-13(18)5-6-14(12)21-3/h5-6,9H,4,7-8,10H2,1-3H3. The highest BCUT2D eigenvalue weighted by Crippen LogP contribution is 2.45. The van der Waals surface area contributed by atoms with Gasteiger partial charge in [0.15, 0.2) is 5.78 Å². The summed E-state index contributed by atoms with van der Waals surface area (Å²) in [4.78, 5) is 12.8. The molecule has 0 aromatic heterocycles. The van der Waals surface area contributed by atoms with Gasteiger partial charge in [-0.25, -0.2) is 0 Å². The number of hydrogen-bond donors (Lipinski definition) is 0. The number of carbonyl (C=O) groups is 1. The Bertz CT molecular complexity index is 603. The number of benzene rings is 1. The fourth-order valence-electron chi connectivity index (χ4n) is 3.23. The summed E-state index contributed by atoms with van der Waals surface area (Å²) in [5, 5.41) is 10.3. The first kappa shape index (κ1) is 15.9. The summed E-state index contributed by atoms with van der Waals surface area (Å²) in [6, 6.07) is 7.60. The van der Waals surface area contributed by atoms with Crippen LogP contribution in [0.15, 0.2) is 18.2 Å². The van der Waals surface area contributed by atoms with Crippen LogP contribution in [0.3, 0.4) is 0 Å². The van der Waals surface area contributed by atoms with Gasteiger partial charge in [-0.05, 0) is 36.6 Å². The summed E-state index contributed by atoms with van der Waals surface area (Å²) in [5.41, 5.74) is -0.600. The van der Waals surface area contributed by atoms with Crippen molar-refractivity contribution >= 4 is 17.4 Å². The fourth-order valence-corrected chi connectivity index (χ4v) is 3.43. The molecule has 0 bridgehead atoms. The lowest BCUT2D eigenvalue weighted by Crippen LogP contribution is -2.45. The zero-order valence-electron chi connectivity index (χ0n) is 12.7. The monoisotopic (exact) mass is 305 g/mol. The molecule has 1 aromatic rings. The fraction of sp³-hybridized carbons (Fsp3) is 0.529. The third kappa shape index (κ3) is 2.91. The van der Waals surface area contributed by atoms with Crippen LogP contribution in [0.5, 0.6) is 5.75 Å². The van der Waals surface area contributed by atoms with Gasteiger partial charge in [-0.15, -0.1) is 0 Å². The molecule has 1 saturated carbocycles. The molecule has 0 N–H and O–H groups in total. The number of methoxy groups -OCH3 is 1. The van der Waals surface area contributed by atoms with E-state index in [0.29, 0.717) is 23.6 Å². The van der Waals surface area contributed by atoms with Crippen molar-refractivity contribution in [1.82, 2.24) is 0 Å². The van der Waals surface area contributed by atoms with Crippen LogP contribution < -0.4 is 4.74 Å². The number of nitrogens with zero attached hydrogens (tertiary/aromatic N) is 1. The summed E-state index contributed by atoms with van der Waals surface area (Å²) in [6.45, 7) is 3.85. The maximum atomic E-state index is 12.8. The summed E-state index contributed by atoms with van der Waals surface area (Å²) in [5.74, 6) is 0.705. The molecule has 3 nitrogen and oxygen atoms in total. The van der Waals surface area contributed by atoms with Gasteiger partial charge in [0.05, 0.1) is 13.2 Å². The normalized spacial score (nSPS) is 24.4. The van der Waals surface area contributed by atoms with E-state index in [1.807, 2.05) is 13.8 Å². The Morgan fingerprint density at radius 1 is 1.38 bits per heavy atom. The molecule has 1 atom stereocenters. The van der Waals surface area contributed by atoms with Crippen LogP contribution in [0.25, 0.3) is 0 Å². The molecular weight excluding hydrogens is 286 g/mol. The summed E-state index contributed by atoms with van der Waals surface area (Å²) < 4.78 is 5.34. The molecule has 112 valence electrons. The molecule has 0 aliphatic heterocycles. The van der Waals surface area contributed by atoms with Crippen LogP contribution in [0.4, 0.5) is 0 Å². The third-order valence-electron chi connectivity index (χ3n) is 4.40. The second-order valence-electron chi connectivity index (χ2n) is 6.39. The van der Waals surface area contributed by atoms with Gasteiger partial charge in [-0.2, -0.15) is 5.26 Å². The maximum Gasteiger partial charge on any atom is 0.158 e. The van der Waals surface area contributed by atoms with E-state index in [4.69, 9.17) is 16.3 Å². The average molecular weight is 306 g/mol. The lowest BCUT2D eigenvalue weighted by atomic mass is 9.61. The molecule has 1 aliphatic rings. The van der Waals surface area contributed by atoms with Crippen LogP contribution in [-0.4, -0.2) is 12.9 Å². The van der Waals surface area contributed by atoms with Crippen molar-refractivity contribution in [3.63, 3.8) is 0 Å². The molecule has 0 heterocycles. The van der Waals surface area contributed by atoms with Crippen molar-refractivity contribution in [2.45, 2.75) is 39.5 Å². The van der Waals surface area contributed by atoms with E-state index in [9.17, 15) is 10.1 Å². The van der Waals surface area contributed by atoms with E-state index < -0.39 is 10.8 Å². The molecule has 1 aliphatic carbocycles. The minimum Gasteiger partial charge on any atom is -0.496 e. The molecule has 0 radical (unpaired) electrons. The number of nitriles is 1. The SMILES string of the molecule is COc1ccc(Cl)cc1CC1(C#N)CCCC(C)(C)C1=O. The van der Waals surface area contributed by atoms with Gasteiger partial charge in [0.25, 0.3) is 0 Å². The van der Waals surface area contributed by atoms with Crippen LogP contribution in [0.1, 0.15) is 38.7 Å². The highest BCUT2D eigenvalue weighted by Gasteiger charge is 2.49. The second kappa shape index (κ2) is 5.69. The van der Waals surface area contributed by atoms with Crippen LogP contribution >= 0.6 is 11.6 Å². The first-order valence-electron chi connectivity index (χ1n) is 7.13. The summed E-state index contributed by atoms with van der Waals surface area (Å²) in [7, 11) is 1.58. The van der Waals surface area contributed by atoms with Crippen molar-refractivity contribution in [3.05, 3.63) is 28.8 Å². The predicted molar refractivity (Wildman–Crippen MR) is 82.4 cm³/mol. The van der Waals surface area contributed by atoms with Gasteiger partial charge < -0.3 is 4.74 Å². The van der Waals surface area contributed by atoms with Gasteiger partial charge in [0.1, 0.15) is 11.2 Å². The van der Waals surface area contributed by atoms with E-state index in [-0.39, 0.29) is 5.78 Å². The van der Waals surface area contributed by atoms with Crippen molar-refractivity contribution in [3.8, 4) is 11.8 Å². The van der Waals surface area contributed by atoms with E-state index >= 15 is 0 Å². The minimum absolute atomic E-state index is 0.0331. The van der Waals surface area contributed by atoms with Crippen molar-refractivity contribution in [2.24, 2.45) is 10.8 Å². The van der Waals surface area contributed by atoms with Crippen LogP contribution in [0.2, 0.25) is 5.02 Å².